The van der Waals surface area contributed by atoms with E-state index in [0.717, 1.165) is 21.9 Å². The zero-order valence-corrected chi connectivity index (χ0v) is 17.2. The number of halogens is 1. The molecule has 0 spiro atoms. The Labute approximate surface area is 170 Å². The van der Waals surface area contributed by atoms with Crippen molar-refractivity contribution >= 4 is 16.6 Å². The lowest BCUT2D eigenvalue weighted by Crippen LogP contribution is -2.26. The molecule has 0 radical (unpaired) electrons. The number of hydrogen-bond acceptors (Lipinski definition) is 5. The van der Waals surface area contributed by atoms with E-state index < -0.39 is 12.3 Å². The Kier molecular flexibility index (Phi) is 6.17. The zero-order chi connectivity index (χ0) is 21.0. The summed E-state index contributed by atoms with van der Waals surface area (Å²) in [5, 5.41) is 19.5. The average Bonchev–Trinajstić information content (AvgIpc) is 3.14. The van der Waals surface area contributed by atoms with Crippen LogP contribution in [-0.2, 0) is 11.3 Å². The molecule has 0 atom stereocenters. The van der Waals surface area contributed by atoms with Gasteiger partial charge in [-0.3, -0.25) is 4.68 Å². The molecule has 29 heavy (non-hydrogen) atoms. The van der Waals surface area contributed by atoms with Crippen molar-refractivity contribution in [1.29, 1.82) is 0 Å². The van der Waals surface area contributed by atoms with Crippen LogP contribution in [0, 0.1) is 0 Å². The van der Waals surface area contributed by atoms with Gasteiger partial charge in [-0.2, -0.15) is 5.10 Å². The number of pyridine rings is 1. The largest absolute Gasteiger partial charge is 0.499 e. The number of aromatic nitrogens is 3. The van der Waals surface area contributed by atoms with Crippen molar-refractivity contribution in [3.63, 3.8) is 0 Å². The van der Waals surface area contributed by atoms with Crippen LogP contribution in [-0.4, -0.2) is 45.8 Å². The first-order chi connectivity index (χ1) is 13.8. The van der Waals surface area contributed by atoms with Gasteiger partial charge in [0, 0.05) is 23.3 Å². The summed E-state index contributed by atoms with van der Waals surface area (Å²) in [6.45, 7) is 5.47. The molecule has 2 heterocycles. The molecule has 0 amide bonds. The van der Waals surface area contributed by atoms with E-state index in [2.05, 4.69) is 21.5 Å². The van der Waals surface area contributed by atoms with Gasteiger partial charge in [-0.05, 0) is 49.4 Å². The molecule has 0 aliphatic heterocycles. The van der Waals surface area contributed by atoms with Crippen LogP contribution in [0.5, 0.6) is 0 Å². The number of allylic oxidation sites excluding steroid dienone is 1. The number of nitrogens with one attached hydrogen (secondary N) is 1. The van der Waals surface area contributed by atoms with Gasteiger partial charge < -0.3 is 15.2 Å². The number of benzene rings is 1. The minimum Gasteiger partial charge on any atom is -0.499 e. The van der Waals surface area contributed by atoms with Crippen LogP contribution in [0.3, 0.4) is 0 Å². The Morgan fingerprint density at radius 1 is 1.21 bits per heavy atom. The number of hydrogen-bond donors (Lipinski definition) is 2. The minimum atomic E-state index is -0.824. The molecule has 0 fully saturated rings. The average molecular weight is 398 g/mol. The van der Waals surface area contributed by atoms with Crippen molar-refractivity contribution in [2.24, 2.45) is 0 Å². The molecule has 0 unspecified atom stereocenters. The number of alkyl halides is 1. The second-order valence-electron chi connectivity index (χ2n) is 7.77. The monoisotopic (exact) mass is 398 g/mol. The van der Waals surface area contributed by atoms with E-state index in [4.69, 9.17) is 4.74 Å². The summed E-state index contributed by atoms with van der Waals surface area (Å²) < 4.78 is 19.8. The topological polar surface area (TPSA) is 72.2 Å². The van der Waals surface area contributed by atoms with Crippen molar-refractivity contribution in [1.82, 2.24) is 14.8 Å². The summed E-state index contributed by atoms with van der Waals surface area (Å²) in [6.07, 6.45) is 5.52. The maximum absolute atomic E-state index is 12.9. The maximum Gasteiger partial charge on any atom is 0.126 e. The van der Waals surface area contributed by atoms with E-state index >= 15 is 0 Å². The predicted octanol–water partition coefficient (Wildman–Crippen LogP) is 4.17. The third-order valence-corrected chi connectivity index (χ3v) is 4.59. The van der Waals surface area contributed by atoms with Crippen molar-refractivity contribution in [2.45, 2.75) is 32.9 Å². The molecular formula is C22H27FN4O2. The highest BCUT2D eigenvalue weighted by Gasteiger charge is 2.14. The van der Waals surface area contributed by atoms with Crippen LogP contribution in [0.1, 0.15) is 20.8 Å². The minimum absolute atomic E-state index is 0.369. The third-order valence-electron chi connectivity index (χ3n) is 4.59. The van der Waals surface area contributed by atoms with Crippen LogP contribution in [0.2, 0.25) is 0 Å². The van der Waals surface area contributed by atoms with E-state index in [1.54, 1.807) is 37.8 Å². The van der Waals surface area contributed by atoms with Gasteiger partial charge in [-0.25, -0.2) is 9.37 Å². The third kappa shape index (κ3) is 5.32. The Hall–Kier alpha value is -2.93. The fraction of sp³-hybridized carbons (Fsp3) is 0.364. The smallest absolute Gasteiger partial charge is 0.126 e. The molecule has 2 N–H and O–H groups in total. The van der Waals surface area contributed by atoms with Gasteiger partial charge >= 0.3 is 0 Å². The summed E-state index contributed by atoms with van der Waals surface area (Å²) in [5.41, 5.74) is 1.74. The molecule has 7 heteroatoms. The second kappa shape index (κ2) is 8.61. The standard InChI is InChI=1S/C22H27FN4O2/c1-15(9-23)20(29-4)12-25-21-8-18-7-16(5-6-17(18)10-24-21)19-11-26-27(13-19)14-22(2,3)28/h5-8,10-11,13,28H,9,12,14H2,1-4H3,(H,24,25)/b20-15-. The summed E-state index contributed by atoms with van der Waals surface area (Å²) in [5.74, 6) is 1.26. The molecule has 1 aromatic carbocycles. The zero-order valence-electron chi connectivity index (χ0n) is 17.2. The van der Waals surface area contributed by atoms with Gasteiger partial charge in [-0.1, -0.05) is 12.1 Å². The lowest BCUT2D eigenvalue weighted by atomic mass is 10.0. The van der Waals surface area contributed by atoms with Gasteiger partial charge in [0.2, 0.25) is 0 Å². The quantitative estimate of drug-likeness (QED) is 0.557. The number of nitrogens with zero attached hydrogens (tertiary/aromatic N) is 3. The molecule has 0 aliphatic rings. The van der Waals surface area contributed by atoms with Crippen molar-refractivity contribution < 1.29 is 14.2 Å². The normalized spacial score (nSPS) is 12.8. The molecule has 3 aromatic rings. The highest BCUT2D eigenvalue weighted by Crippen LogP contribution is 2.25. The van der Waals surface area contributed by atoms with Crippen LogP contribution in [0.4, 0.5) is 10.2 Å². The van der Waals surface area contributed by atoms with Crippen LogP contribution in [0.15, 0.2) is 54.2 Å². The Morgan fingerprint density at radius 3 is 2.69 bits per heavy atom. The Morgan fingerprint density at radius 2 is 2.00 bits per heavy atom. The van der Waals surface area contributed by atoms with E-state index in [1.165, 1.54) is 7.11 Å². The van der Waals surface area contributed by atoms with Gasteiger partial charge in [-0.15, -0.1) is 0 Å². The maximum atomic E-state index is 12.9. The fourth-order valence-electron chi connectivity index (χ4n) is 3.06. The fourth-order valence-corrected chi connectivity index (χ4v) is 3.06. The van der Waals surface area contributed by atoms with Gasteiger partial charge in [0.1, 0.15) is 18.3 Å². The van der Waals surface area contributed by atoms with Crippen LogP contribution < -0.4 is 5.32 Å². The Bertz CT molecular complexity index is 1020. The highest BCUT2D eigenvalue weighted by molar-refractivity contribution is 5.88. The molecule has 0 aliphatic carbocycles. The number of rotatable bonds is 8. The first kappa shape index (κ1) is 20.8. The molecule has 3 rings (SSSR count). The number of methoxy groups -OCH3 is 1. The highest BCUT2D eigenvalue weighted by atomic mass is 19.1. The summed E-state index contributed by atoms with van der Waals surface area (Å²) in [4.78, 5) is 4.42. The van der Waals surface area contributed by atoms with Gasteiger partial charge in [0.05, 0.1) is 32.0 Å². The van der Waals surface area contributed by atoms with Gasteiger partial charge in [0.25, 0.3) is 0 Å². The van der Waals surface area contributed by atoms with Crippen molar-refractivity contribution in [2.75, 3.05) is 25.6 Å². The van der Waals surface area contributed by atoms with E-state index in [0.29, 0.717) is 30.2 Å². The van der Waals surface area contributed by atoms with Crippen molar-refractivity contribution in [3.05, 3.63) is 54.2 Å². The number of aliphatic hydroxyl groups is 1. The summed E-state index contributed by atoms with van der Waals surface area (Å²) in [7, 11) is 1.54. The number of fused-ring (bicyclic) bond motifs is 1. The Balaban J connectivity index is 1.82. The molecule has 2 aromatic heterocycles. The lowest BCUT2D eigenvalue weighted by molar-refractivity contribution is 0.0577. The molecule has 0 saturated heterocycles. The second-order valence-corrected chi connectivity index (χ2v) is 7.77. The first-order valence-corrected chi connectivity index (χ1v) is 9.46. The van der Waals surface area contributed by atoms with E-state index in [1.807, 2.05) is 24.4 Å². The van der Waals surface area contributed by atoms with E-state index in [-0.39, 0.29) is 0 Å². The SMILES string of the molecule is CO/C(CNc1cc2cc(-c3cnn(CC(C)(C)O)c3)ccc2cn1)=C(/C)CF. The van der Waals surface area contributed by atoms with Crippen molar-refractivity contribution in [3.8, 4) is 11.1 Å². The molecular weight excluding hydrogens is 371 g/mol. The number of anilines is 1. The van der Waals surface area contributed by atoms with Crippen LogP contribution in [0.25, 0.3) is 21.9 Å². The molecule has 0 saturated carbocycles. The first-order valence-electron chi connectivity index (χ1n) is 9.46. The molecule has 154 valence electrons. The molecule has 0 bridgehead atoms. The number of ether oxygens (including phenoxy) is 1. The van der Waals surface area contributed by atoms with Gasteiger partial charge in [0.15, 0.2) is 0 Å². The van der Waals surface area contributed by atoms with E-state index in [9.17, 15) is 9.50 Å². The summed E-state index contributed by atoms with van der Waals surface area (Å²) >= 11 is 0. The predicted molar refractivity (Wildman–Crippen MR) is 113 cm³/mol. The summed E-state index contributed by atoms with van der Waals surface area (Å²) in [6, 6.07) is 8.08. The lowest BCUT2D eigenvalue weighted by Gasteiger charge is -2.16. The van der Waals surface area contributed by atoms with Crippen LogP contribution >= 0.6 is 0 Å². The molecule has 6 nitrogen and oxygen atoms in total.